The van der Waals surface area contributed by atoms with Crippen molar-refractivity contribution in [2.24, 2.45) is 10.8 Å². The molecule has 2 aliphatic heterocycles. The average Bonchev–Trinajstić information content (AvgIpc) is 2.92. The molecule has 2 aliphatic rings. The fourth-order valence-corrected chi connectivity index (χ4v) is 4.46. The van der Waals surface area contributed by atoms with Gasteiger partial charge in [-0.25, -0.2) is 0 Å². The molecule has 0 amide bonds. The summed E-state index contributed by atoms with van der Waals surface area (Å²) in [5, 5.41) is 39.2. The zero-order valence-corrected chi connectivity index (χ0v) is 15.0. The first-order valence-corrected chi connectivity index (χ1v) is 8.63. The van der Waals surface area contributed by atoms with Crippen LogP contribution in [0.5, 0.6) is 0 Å². The fourth-order valence-electron chi connectivity index (χ4n) is 4.46. The minimum atomic E-state index is -2.00. The van der Waals surface area contributed by atoms with E-state index < -0.39 is 34.5 Å². The first-order chi connectivity index (χ1) is 13.5. The Kier molecular flexibility index (Phi) is 3.72. The monoisotopic (exact) mass is 369 g/mol. The first-order valence-electron chi connectivity index (χ1n) is 8.63. The number of hydrogen-bond acceptors (Lipinski definition) is 7. The van der Waals surface area contributed by atoms with Gasteiger partial charge in [-0.05, 0) is 11.6 Å². The normalized spacial score (nSPS) is 32.4. The van der Waals surface area contributed by atoms with E-state index in [9.17, 15) is 15.8 Å². The molecule has 2 saturated heterocycles. The van der Waals surface area contributed by atoms with Crippen LogP contribution in [0.3, 0.4) is 0 Å². The van der Waals surface area contributed by atoms with E-state index >= 15 is 0 Å². The van der Waals surface area contributed by atoms with E-state index in [1.807, 2.05) is 18.2 Å². The summed E-state index contributed by atoms with van der Waals surface area (Å²) < 4.78 is 12.0. The van der Waals surface area contributed by atoms with Crippen molar-refractivity contribution >= 4 is 5.90 Å². The predicted molar refractivity (Wildman–Crippen MR) is 96.2 cm³/mol. The molecule has 0 aliphatic carbocycles. The average molecular weight is 369 g/mol. The Hall–Kier alpha value is -3.73. The second-order valence-electron chi connectivity index (χ2n) is 7.03. The van der Waals surface area contributed by atoms with Crippen molar-refractivity contribution < 1.29 is 9.47 Å². The van der Waals surface area contributed by atoms with Crippen LogP contribution in [-0.4, -0.2) is 16.7 Å². The smallest absolute Gasteiger partial charge is 0.218 e. The maximum atomic E-state index is 10.3. The van der Waals surface area contributed by atoms with Crippen LogP contribution in [0.25, 0.3) is 0 Å². The number of ether oxygens (including phenoxy) is 2. The molecule has 4 unspecified atom stereocenters. The molecule has 3 heterocycles. The molecule has 2 aromatic rings. The quantitative estimate of drug-likeness (QED) is 0.866. The van der Waals surface area contributed by atoms with Crippen LogP contribution in [0.15, 0.2) is 54.9 Å². The first kappa shape index (κ1) is 17.7. The Morgan fingerprint density at radius 2 is 1.68 bits per heavy atom. The van der Waals surface area contributed by atoms with Crippen molar-refractivity contribution in [2.45, 2.75) is 24.7 Å². The van der Waals surface area contributed by atoms with Crippen LogP contribution in [0, 0.1) is 50.2 Å². The van der Waals surface area contributed by atoms with E-state index in [2.05, 4.69) is 11.1 Å². The molecule has 7 heteroatoms. The highest BCUT2D eigenvalue weighted by Gasteiger charge is 2.79. The summed E-state index contributed by atoms with van der Waals surface area (Å²) in [6.45, 7) is 1.64. The largest absolute Gasteiger partial charge is 0.447 e. The molecule has 2 bridgehead atoms. The number of aromatic nitrogens is 1. The van der Waals surface area contributed by atoms with Crippen LogP contribution in [0.4, 0.5) is 0 Å². The molecule has 136 valence electrons. The topological polar surface area (TPSA) is 127 Å². The van der Waals surface area contributed by atoms with Gasteiger partial charge in [-0.15, -0.1) is 0 Å². The van der Waals surface area contributed by atoms with Gasteiger partial charge >= 0.3 is 0 Å². The lowest BCUT2D eigenvalue weighted by Crippen LogP contribution is -2.57. The molecular weight excluding hydrogens is 354 g/mol. The molecular formula is C21H15N5O2. The lowest BCUT2D eigenvalue weighted by atomic mass is 9.52. The van der Waals surface area contributed by atoms with Gasteiger partial charge < -0.3 is 9.47 Å². The summed E-state index contributed by atoms with van der Waals surface area (Å²) in [6.07, 6.45) is 1.95. The third kappa shape index (κ3) is 1.93. The van der Waals surface area contributed by atoms with Gasteiger partial charge in [-0.1, -0.05) is 36.4 Å². The summed E-state index contributed by atoms with van der Waals surface area (Å²) in [5.41, 5.74) is -2.71. The van der Waals surface area contributed by atoms with Gasteiger partial charge in [-0.3, -0.25) is 10.4 Å². The molecule has 28 heavy (non-hydrogen) atoms. The van der Waals surface area contributed by atoms with E-state index in [1.54, 1.807) is 49.5 Å². The van der Waals surface area contributed by atoms with Crippen LogP contribution in [-0.2, 0) is 9.47 Å². The van der Waals surface area contributed by atoms with E-state index in [0.717, 1.165) is 0 Å². The van der Waals surface area contributed by atoms with Gasteiger partial charge in [0.15, 0.2) is 5.41 Å². The van der Waals surface area contributed by atoms with Crippen molar-refractivity contribution in [1.82, 2.24) is 4.98 Å². The van der Waals surface area contributed by atoms with E-state index in [0.29, 0.717) is 11.1 Å². The van der Waals surface area contributed by atoms with E-state index in [-0.39, 0.29) is 0 Å². The number of benzene rings is 1. The van der Waals surface area contributed by atoms with Gasteiger partial charge in [0.25, 0.3) is 0 Å². The number of rotatable bonds is 2. The maximum absolute atomic E-state index is 10.3. The molecule has 4 atom stereocenters. The minimum absolute atomic E-state index is 0.430. The standard InChI is InChI=1S/C21H15N5O2/c1-19-16(14-6-3-2-4-7-14)21(13-24,18(25)28-19)20(11-22,12-23)17(27-19)15-8-5-9-26-10-15/h2-10,16-17,25H,1H3. The molecule has 1 N–H and O–H groups in total. The molecule has 0 spiro atoms. The van der Waals surface area contributed by atoms with Crippen molar-refractivity contribution in [3.63, 3.8) is 0 Å². The van der Waals surface area contributed by atoms with Crippen molar-refractivity contribution in [2.75, 3.05) is 0 Å². The van der Waals surface area contributed by atoms with Crippen LogP contribution in [0.1, 0.15) is 30.1 Å². The van der Waals surface area contributed by atoms with Crippen molar-refractivity contribution in [3.05, 3.63) is 66.0 Å². The number of nitrogens with one attached hydrogen (secondary N) is 1. The maximum Gasteiger partial charge on any atom is 0.218 e. The van der Waals surface area contributed by atoms with E-state index in [1.165, 1.54) is 6.20 Å². The molecule has 2 fully saturated rings. The van der Waals surface area contributed by atoms with Crippen molar-refractivity contribution in [3.8, 4) is 18.2 Å². The number of nitrogens with zero attached hydrogens (tertiary/aromatic N) is 4. The van der Waals surface area contributed by atoms with Gasteiger partial charge in [0.1, 0.15) is 6.10 Å². The predicted octanol–water partition coefficient (Wildman–Crippen LogP) is 3.20. The summed E-state index contributed by atoms with van der Waals surface area (Å²) in [6, 6.07) is 18.5. The molecule has 1 aromatic carbocycles. The van der Waals surface area contributed by atoms with Gasteiger partial charge in [0.05, 0.1) is 24.1 Å². The summed E-state index contributed by atoms with van der Waals surface area (Å²) in [4.78, 5) is 4.06. The van der Waals surface area contributed by atoms with Gasteiger partial charge in [0.2, 0.25) is 17.1 Å². The lowest BCUT2D eigenvalue weighted by molar-refractivity contribution is -0.253. The highest BCUT2D eigenvalue weighted by atomic mass is 16.7. The fraction of sp³-hybridized carbons (Fsp3) is 0.286. The summed E-state index contributed by atoms with van der Waals surface area (Å²) >= 11 is 0. The van der Waals surface area contributed by atoms with Crippen molar-refractivity contribution in [1.29, 1.82) is 21.2 Å². The Morgan fingerprint density at radius 1 is 1.00 bits per heavy atom. The van der Waals surface area contributed by atoms with Crippen LogP contribution in [0.2, 0.25) is 0 Å². The highest BCUT2D eigenvalue weighted by molar-refractivity contribution is 5.90. The molecule has 4 rings (SSSR count). The zero-order chi connectivity index (χ0) is 20.0. The van der Waals surface area contributed by atoms with Crippen LogP contribution >= 0.6 is 0 Å². The Labute approximate surface area is 161 Å². The van der Waals surface area contributed by atoms with Gasteiger partial charge in [0, 0.05) is 24.9 Å². The van der Waals surface area contributed by atoms with Gasteiger partial charge in [-0.2, -0.15) is 15.8 Å². The molecule has 7 nitrogen and oxygen atoms in total. The Morgan fingerprint density at radius 3 is 2.25 bits per heavy atom. The number of pyridine rings is 1. The molecule has 1 aromatic heterocycles. The third-order valence-electron chi connectivity index (χ3n) is 5.64. The molecule has 0 saturated carbocycles. The second-order valence-corrected chi connectivity index (χ2v) is 7.03. The second kappa shape index (κ2) is 5.89. The van der Waals surface area contributed by atoms with Crippen LogP contribution < -0.4 is 0 Å². The molecule has 0 radical (unpaired) electrons. The lowest BCUT2D eigenvalue weighted by Gasteiger charge is -2.48. The number of nitriles is 3. The highest BCUT2D eigenvalue weighted by Crippen LogP contribution is 2.69. The zero-order valence-electron chi connectivity index (χ0n) is 15.0. The third-order valence-corrected chi connectivity index (χ3v) is 5.64. The Balaban J connectivity index is 2.05. The summed E-state index contributed by atoms with van der Waals surface area (Å²) in [5.74, 6) is -2.65. The number of hydrogen-bond donors (Lipinski definition) is 1. The van der Waals surface area contributed by atoms with E-state index in [4.69, 9.17) is 14.9 Å². The SMILES string of the molecule is CC12OC(=N)C(C#N)(C1c1ccccc1)C(C#N)(C#N)C(c1cccnc1)O2. The number of fused-ring (bicyclic) bond motifs is 2. The summed E-state index contributed by atoms with van der Waals surface area (Å²) in [7, 11) is 0. The minimum Gasteiger partial charge on any atom is -0.447 e. The Bertz CT molecular complexity index is 1050.